The maximum Gasteiger partial charge on any atom is 0.294 e. The molecule has 1 rings (SSSR count). The number of rotatable bonds is 6. The first-order valence-electron chi connectivity index (χ1n) is 5.39. The van der Waals surface area contributed by atoms with Crippen molar-refractivity contribution >= 4 is 28.7 Å². The number of alkyl halides is 1. The van der Waals surface area contributed by atoms with E-state index in [1.54, 1.807) is 6.07 Å². The fraction of sp³-hybridized carbons (Fsp3) is 0.455. The van der Waals surface area contributed by atoms with Gasteiger partial charge in [0.2, 0.25) is 0 Å². The van der Waals surface area contributed by atoms with Crippen molar-refractivity contribution in [3.63, 3.8) is 0 Å². The molecule has 0 amide bonds. The molecule has 0 atom stereocenters. The molecule has 0 unspecified atom stereocenters. The Balaban J connectivity index is 3.04. The summed E-state index contributed by atoms with van der Waals surface area (Å²) in [4.78, 5) is 12.5. The monoisotopic (exact) mass is 257 g/mol. The predicted molar refractivity (Wildman–Crippen MR) is 71.3 cm³/mol. The summed E-state index contributed by atoms with van der Waals surface area (Å²) in [6, 6.07) is 5.10. The number of anilines is 2. The van der Waals surface area contributed by atoms with Crippen LogP contribution in [-0.4, -0.2) is 30.9 Å². The van der Waals surface area contributed by atoms with Crippen molar-refractivity contribution in [1.29, 1.82) is 0 Å². The van der Waals surface area contributed by atoms with Gasteiger partial charge in [0.25, 0.3) is 5.69 Å². The number of nitro groups is 1. The first-order chi connectivity index (χ1) is 8.10. The van der Waals surface area contributed by atoms with Gasteiger partial charge < -0.3 is 10.2 Å². The summed E-state index contributed by atoms with van der Waals surface area (Å²) >= 11 is 5.55. The van der Waals surface area contributed by atoms with Crippen LogP contribution in [0, 0.1) is 10.1 Å². The third kappa shape index (κ3) is 3.49. The predicted octanol–water partition coefficient (Wildman–Crippen LogP) is 2.70. The van der Waals surface area contributed by atoms with Crippen LogP contribution < -0.4 is 10.2 Å². The van der Waals surface area contributed by atoms with E-state index in [0.29, 0.717) is 23.8 Å². The number of nitrogens with zero attached hydrogens (tertiary/aromatic N) is 2. The number of halogens is 1. The van der Waals surface area contributed by atoms with Gasteiger partial charge >= 0.3 is 0 Å². The summed E-state index contributed by atoms with van der Waals surface area (Å²) in [5.41, 5.74) is 1.44. The van der Waals surface area contributed by atoms with Crippen molar-refractivity contribution in [1.82, 2.24) is 0 Å². The molecule has 0 radical (unpaired) electrons. The topological polar surface area (TPSA) is 58.4 Å². The zero-order chi connectivity index (χ0) is 12.8. The van der Waals surface area contributed by atoms with E-state index in [0.717, 1.165) is 6.54 Å². The second-order valence-electron chi connectivity index (χ2n) is 3.59. The molecule has 0 aromatic heterocycles. The van der Waals surface area contributed by atoms with Gasteiger partial charge in [0.05, 0.1) is 4.92 Å². The van der Waals surface area contributed by atoms with E-state index < -0.39 is 0 Å². The largest absolute Gasteiger partial charge is 0.384 e. The highest BCUT2D eigenvalue weighted by molar-refractivity contribution is 6.18. The van der Waals surface area contributed by atoms with Crippen molar-refractivity contribution in [2.24, 2.45) is 0 Å². The van der Waals surface area contributed by atoms with Crippen molar-refractivity contribution in [2.75, 3.05) is 36.2 Å². The SMILES string of the molecule is CCN(C)c1ccc(NCCCl)cc1[N+](=O)[O-]. The fourth-order valence-electron chi connectivity index (χ4n) is 1.46. The molecule has 17 heavy (non-hydrogen) atoms. The van der Waals surface area contributed by atoms with Crippen LogP contribution in [0.15, 0.2) is 18.2 Å². The quantitative estimate of drug-likeness (QED) is 0.484. The molecule has 1 aromatic rings. The summed E-state index contributed by atoms with van der Waals surface area (Å²) in [6.45, 7) is 3.25. The Morgan fingerprint density at radius 1 is 1.53 bits per heavy atom. The van der Waals surface area contributed by atoms with Crippen LogP contribution in [-0.2, 0) is 0 Å². The van der Waals surface area contributed by atoms with Gasteiger partial charge in [-0.2, -0.15) is 0 Å². The Bertz CT molecular complexity index is 398. The van der Waals surface area contributed by atoms with Gasteiger partial charge in [-0.25, -0.2) is 0 Å². The molecule has 0 saturated heterocycles. The van der Waals surface area contributed by atoms with Gasteiger partial charge in [0, 0.05) is 37.8 Å². The molecule has 0 aliphatic rings. The van der Waals surface area contributed by atoms with E-state index in [1.807, 2.05) is 24.9 Å². The number of nitro benzene ring substituents is 1. The molecule has 5 nitrogen and oxygen atoms in total. The van der Waals surface area contributed by atoms with Gasteiger partial charge in [-0.1, -0.05) is 0 Å². The lowest BCUT2D eigenvalue weighted by Gasteiger charge is -2.17. The van der Waals surface area contributed by atoms with E-state index in [1.165, 1.54) is 6.07 Å². The summed E-state index contributed by atoms with van der Waals surface area (Å²) < 4.78 is 0. The van der Waals surface area contributed by atoms with E-state index in [-0.39, 0.29) is 10.6 Å². The van der Waals surface area contributed by atoms with E-state index in [2.05, 4.69) is 5.32 Å². The summed E-state index contributed by atoms with van der Waals surface area (Å²) in [7, 11) is 1.83. The van der Waals surface area contributed by atoms with Crippen LogP contribution in [0.4, 0.5) is 17.1 Å². The Kier molecular flexibility index (Phi) is 5.03. The molecule has 1 N–H and O–H groups in total. The third-order valence-electron chi connectivity index (χ3n) is 2.48. The molecule has 6 heteroatoms. The van der Waals surface area contributed by atoms with Gasteiger partial charge in [0.15, 0.2) is 0 Å². The molecule has 0 heterocycles. The van der Waals surface area contributed by atoms with Crippen molar-refractivity contribution < 1.29 is 4.92 Å². The Labute approximate surface area is 106 Å². The maximum absolute atomic E-state index is 11.0. The van der Waals surface area contributed by atoms with Crippen molar-refractivity contribution in [3.8, 4) is 0 Å². The molecule has 0 saturated carbocycles. The second kappa shape index (κ2) is 6.30. The lowest BCUT2D eigenvalue weighted by Crippen LogP contribution is -2.17. The molecule has 0 fully saturated rings. The van der Waals surface area contributed by atoms with Crippen LogP contribution in [0.2, 0.25) is 0 Å². The summed E-state index contributed by atoms with van der Waals surface area (Å²) in [6.07, 6.45) is 0. The highest BCUT2D eigenvalue weighted by atomic mass is 35.5. The molecule has 94 valence electrons. The smallest absolute Gasteiger partial charge is 0.294 e. The highest BCUT2D eigenvalue weighted by Gasteiger charge is 2.16. The maximum atomic E-state index is 11.0. The zero-order valence-corrected chi connectivity index (χ0v) is 10.7. The van der Waals surface area contributed by atoms with Crippen molar-refractivity contribution in [2.45, 2.75) is 6.92 Å². The lowest BCUT2D eigenvalue weighted by molar-refractivity contribution is -0.384. The number of nitrogens with one attached hydrogen (secondary N) is 1. The molecule has 0 spiro atoms. The molecular formula is C11H16ClN3O2. The second-order valence-corrected chi connectivity index (χ2v) is 3.97. The number of benzene rings is 1. The summed E-state index contributed by atoms with van der Waals surface area (Å²) in [5.74, 6) is 0.463. The Morgan fingerprint density at radius 2 is 2.24 bits per heavy atom. The molecule has 1 aromatic carbocycles. The van der Waals surface area contributed by atoms with Gasteiger partial charge in [-0.05, 0) is 19.1 Å². The van der Waals surface area contributed by atoms with Gasteiger partial charge in [-0.3, -0.25) is 10.1 Å². The van der Waals surface area contributed by atoms with Crippen LogP contribution in [0.5, 0.6) is 0 Å². The standard InChI is InChI=1S/C11H16ClN3O2/c1-3-14(2)10-5-4-9(13-7-6-12)8-11(10)15(16)17/h4-5,8,13H,3,6-7H2,1-2H3. The molecule has 0 aliphatic carbocycles. The minimum atomic E-state index is -0.368. The Hall–Kier alpha value is -1.49. The molecule has 0 bridgehead atoms. The minimum absolute atomic E-state index is 0.105. The van der Waals surface area contributed by atoms with Crippen LogP contribution >= 0.6 is 11.6 Å². The zero-order valence-electron chi connectivity index (χ0n) is 9.94. The average molecular weight is 258 g/mol. The first-order valence-corrected chi connectivity index (χ1v) is 5.93. The van der Waals surface area contributed by atoms with Crippen molar-refractivity contribution in [3.05, 3.63) is 28.3 Å². The highest BCUT2D eigenvalue weighted by Crippen LogP contribution is 2.30. The number of hydrogen-bond acceptors (Lipinski definition) is 4. The van der Waals surface area contributed by atoms with E-state index >= 15 is 0 Å². The first kappa shape index (κ1) is 13.6. The Morgan fingerprint density at radius 3 is 2.76 bits per heavy atom. The van der Waals surface area contributed by atoms with E-state index in [9.17, 15) is 10.1 Å². The normalized spacial score (nSPS) is 10.1. The van der Waals surface area contributed by atoms with Crippen LogP contribution in [0.1, 0.15) is 6.92 Å². The van der Waals surface area contributed by atoms with Crippen LogP contribution in [0.3, 0.4) is 0 Å². The third-order valence-corrected chi connectivity index (χ3v) is 2.67. The van der Waals surface area contributed by atoms with Gasteiger partial charge in [0.1, 0.15) is 5.69 Å². The number of hydrogen-bond donors (Lipinski definition) is 1. The lowest BCUT2D eigenvalue weighted by atomic mass is 10.2. The van der Waals surface area contributed by atoms with Gasteiger partial charge in [-0.15, -0.1) is 11.6 Å². The minimum Gasteiger partial charge on any atom is -0.384 e. The molecular weight excluding hydrogens is 242 g/mol. The van der Waals surface area contributed by atoms with E-state index in [4.69, 9.17) is 11.6 Å². The molecule has 0 aliphatic heterocycles. The fourth-order valence-corrected chi connectivity index (χ4v) is 1.56. The van der Waals surface area contributed by atoms with Crippen LogP contribution in [0.25, 0.3) is 0 Å². The average Bonchev–Trinajstić information content (AvgIpc) is 2.35. The summed E-state index contributed by atoms with van der Waals surface area (Å²) in [5, 5.41) is 14.0.